The normalized spacial score (nSPS) is 14.8. The van der Waals surface area contributed by atoms with Gasteiger partial charge in [-0.25, -0.2) is 0 Å². The molecule has 0 aliphatic carbocycles. The number of amides is 1. The summed E-state index contributed by atoms with van der Waals surface area (Å²) in [6.45, 7) is 4.80. The molecule has 0 saturated heterocycles. The molecule has 2 aromatic carbocycles. The summed E-state index contributed by atoms with van der Waals surface area (Å²) in [6, 6.07) is 7.08. The number of hydrogen-bond donors (Lipinski definition) is 1. The van der Waals surface area contributed by atoms with Crippen LogP contribution in [-0.2, 0) is 13.0 Å². The fourth-order valence-corrected chi connectivity index (χ4v) is 3.52. The minimum atomic E-state index is -0.278. The number of methoxy groups -OCH3 is 2. The van der Waals surface area contributed by atoms with Crippen molar-refractivity contribution >= 4 is 17.5 Å². The maximum atomic E-state index is 12.7. The first-order valence-electron chi connectivity index (χ1n) is 9.11. The van der Waals surface area contributed by atoms with Crippen LogP contribution in [0.5, 0.6) is 23.0 Å². The van der Waals surface area contributed by atoms with Crippen LogP contribution in [0.25, 0.3) is 0 Å². The number of carbonyl (C=O) groups excluding carboxylic acids is 1. The van der Waals surface area contributed by atoms with E-state index >= 15 is 0 Å². The Morgan fingerprint density at radius 3 is 2.68 bits per heavy atom. The smallest absolute Gasteiger partial charge is 0.251 e. The number of carbonyl (C=O) groups is 1. The third kappa shape index (κ3) is 4.12. The Bertz CT molecular complexity index is 884. The van der Waals surface area contributed by atoms with Gasteiger partial charge >= 0.3 is 0 Å². The van der Waals surface area contributed by atoms with E-state index in [9.17, 15) is 4.79 Å². The standard InChI is InChI=1S/C21H24ClNO5/c1-5-27-17-8-13-6-12(2)28-18(13)10-15(17)11-23-21(24)14-7-16(22)20(26-4)19(9-14)25-3/h7-10,12H,5-6,11H2,1-4H3,(H,23,24). The van der Waals surface area contributed by atoms with Gasteiger partial charge in [-0.05, 0) is 38.1 Å². The van der Waals surface area contributed by atoms with Crippen LogP contribution >= 0.6 is 11.6 Å². The quantitative estimate of drug-likeness (QED) is 0.753. The molecule has 1 unspecified atom stereocenters. The molecule has 1 aliphatic heterocycles. The summed E-state index contributed by atoms with van der Waals surface area (Å²) < 4.78 is 22.0. The number of hydrogen-bond acceptors (Lipinski definition) is 5. The predicted octanol–water partition coefficient (Wildman–Crippen LogP) is 4.01. The van der Waals surface area contributed by atoms with Crippen molar-refractivity contribution in [3.8, 4) is 23.0 Å². The third-order valence-electron chi connectivity index (χ3n) is 4.51. The van der Waals surface area contributed by atoms with Crippen LogP contribution in [0.15, 0.2) is 24.3 Å². The van der Waals surface area contributed by atoms with E-state index in [1.807, 2.05) is 26.0 Å². The molecule has 0 fully saturated rings. The average Bonchev–Trinajstić information content (AvgIpc) is 3.04. The first kappa shape index (κ1) is 20.1. The molecule has 1 heterocycles. The first-order chi connectivity index (χ1) is 13.5. The highest BCUT2D eigenvalue weighted by Crippen LogP contribution is 2.37. The van der Waals surface area contributed by atoms with Gasteiger partial charge in [-0.1, -0.05) is 11.6 Å². The molecule has 2 aromatic rings. The molecule has 1 amide bonds. The molecular formula is C21H24ClNO5. The van der Waals surface area contributed by atoms with Crippen molar-refractivity contribution in [2.45, 2.75) is 32.9 Å². The highest BCUT2D eigenvalue weighted by molar-refractivity contribution is 6.32. The Labute approximate surface area is 169 Å². The second-order valence-electron chi connectivity index (χ2n) is 6.51. The van der Waals surface area contributed by atoms with Gasteiger partial charge in [0.05, 0.1) is 25.8 Å². The number of nitrogens with one attached hydrogen (secondary N) is 1. The first-order valence-corrected chi connectivity index (χ1v) is 9.49. The number of halogens is 1. The van der Waals surface area contributed by atoms with Gasteiger partial charge in [0.25, 0.3) is 5.91 Å². The van der Waals surface area contributed by atoms with Crippen molar-refractivity contribution in [1.82, 2.24) is 5.32 Å². The molecule has 28 heavy (non-hydrogen) atoms. The molecule has 0 saturated carbocycles. The van der Waals surface area contributed by atoms with Gasteiger partial charge in [-0.2, -0.15) is 0 Å². The maximum Gasteiger partial charge on any atom is 0.251 e. The summed E-state index contributed by atoms with van der Waals surface area (Å²) in [4.78, 5) is 12.7. The minimum absolute atomic E-state index is 0.142. The number of rotatable bonds is 7. The molecule has 7 heteroatoms. The van der Waals surface area contributed by atoms with Crippen LogP contribution < -0.4 is 24.3 Å². The fraction of sp³-hybridized carbons (Fsp3) is 0.381. The van der Waals surface area contributed by atoms with Crippen molar-refractivity contribution < 1.29 is 23.7 Å². The minimum Gasteiger partial charge on any atom is -0.494 e. The van der Waals surface area contributed by atoms with Gasteiger partial charge in [0.15, 0.2) is 11.5 Å². The van der Waals surface area contributed by atoms with E-state index in [1.54, 1.807) is 12.1 Å². The molecule has 0 bridgehead atoms. The Balaban J connectivity index is 1.80. The van der Waals surface area contributed by atoms with E-state index in [0.29, 0.717) is 35.2 Å². The molecule has 0 aromatic heterocycles. The van der Waals surface area contributed by atoms with Gasteiger partial charge in [0.2, 0.25) is 0 Å². The van der Waals surface area contributed by atoms with Crippen molar-refractivity contribution in [2.24, 2.45) is 0 Å². The monoisotopic (exact) mass is 405 g/mol. The van der Waals surface area contributed by atoms with Gasteiger partial charge in [0, 0.05) is 29.7 Å². The maximum absolute atomic E-state index is 12.7. The zero-order chi connectivity index (χ0) is 20.3. The fourth-order valence-electron chi connectivity index (χ4n) is 3.24. The van der Waals surface area contributed by atoms with Crippen LogP contribution in [-0.4, -0.2) is 32.8 Å². The molecule has 0 spiro atoms. The summed E-state index contributed by atoms with van der Waals surface area (Å²) >= 11 is 6.20. The summed E-state index contributed by atoms with van der Waals surface area (Å²) in [5, 5.41) is 3.21. The SMILES string of the molecule is CCOc1cc2c(cc1CNC(=O)c1cc(Cl)c(OC)c(OC)c1)OC(C)C2. The lowest BCUT2D eigenvalue weighted by atomic mass is 10.1. The van der Waals surface area contributed by atoms with E-state index in [4.69, 9.17) is 30.5 Å². The number of fused-ring (bicyclic) bond motifs is 1. The Hall–Kier alpha value is -2.60. The van der Waals surface area contributed by atoms with Crippen LogP contribution in [0.4, 0.5) is 0 Å². The lowest BCUT2D eigenvalue weighted by Gasteiger charge is -2.14. The third-order valence-corrected chi connectivity index (χ3v) is 4.79. The van der Waals surface area contributed by atoms with Crippen molar-refractivity contribution in [3.05, 3.63) is 46.0 Å². The molecule has 0 radical (unpaired) electrons. The molecule has 1 N–H and O–H groups in total. The van der Waals surface area contributed by atoms with E-state index in [-0.39, 0.29) is 12.0 Å². The molecular weight excluding hydrogens is 382 g/mol. The Morgan fingerprint density at radius 2 is 2.00 bits per heavy atom. The molecule has 1 aliphatic rings. The van der Waals surface area contributed by atoms with Crippen molar-refractivity contribution in [1.29, 1.82) is 0 Å². The van der Waals surface area contributed by atoms with Gasteiger partial charge in [-0.3, -0.25) is 4.79 Å². The van der Waals surface area contributed by atoms with Gasteiger partial charge in [0.1, 0.15) is 17.6 Å². The van der Waals surface area contributed by atoms with Crippen molar-refractivity contribution in [3.63, 3.8) is 0 Å². The second kappa shape index (κ2) is 8.61. The Kier molecular flexibility index (Phi) is 6.19. The van der Waals surface area contributed by atoms with Crippen molar-refractivity contribution in [2.75, 3.05) is 20.8 Å². The average molecular weight is 406 g/mol. The van der Waals surface area contributed by atoms with Crippen LogP contribution in [0, 0.1) is 0 Å². The van der Waals surface area contributed by atoms with E-state index in [1.165, 1.54) is 14.2 Å². The highest BCUT2D eigenvalue weighted by atomic mass is 35.5. The highest BCUT2D eigenvalue weighted by Gasteiger charge is 2.22. The Morgan fingerprint density at radius 1 is 1.21 bits per heavy atom. The lowest BCUT2D eigenvalue weighted by Crippen LogP contribution is -2.23. The summed E-state index contributed by atoms with van der Waals surface area (Å²) in [5.74, 6) is 2.11. The topological polar surface area (TPSA) is 66.0 Å². The molecule has 6 nitrogen and oxygen atoms in total. The van der Waals surface area contributed by atoms with Gasteiger partial charge < -0.3 is 24.3 Å². The number of ether oxygens (including phenoxy) is 4. The summed E-state index contributed by atoms with van der Waals surface area (Å²) in [6.07, 6.45) is 0.995. The largest absolute Gasteiger partial charge is 0.494 e. The van der Waals surface area contributed by atoms with Crippen LogP contribution in [0.3, 0.4) is 0 Å². The van der Waals surface area contributed by atoms with E-state index in [2.05, 4.69) is 5.32 Å². The zero-order valence-electron chi connectivity index (χ0n) is 16.4. The molecule has 150 valence electrons. The van der Waals surface area contributed by atoms with E-state index in [0.717, 1.165) is 29.0 Å². The van der Waals surface area contributed by atoms with E-state index < -0.39 is 0 Å². The zero-order valence-corrected chi connectivity index (χ0v) is 17.2. The lowest BCUT2D eigenvalue weighted by molar-refractivity contribution is 0.0950. The van der Waals surface area contributed by atoms with Crippen LogP contribution in [0.2, 0.25) is 5.02 Å². The van der Waals surface area contributed by atoms with Gasteiger partial charge in [-0.15, -0.1) is 0 Å². The molecule has 3 rings (SSSR count). The molecule has 1 atom stereocenters. The van der Waals surface area contributed by atoms with Crippen LogP contribution in [0.1, 0.15) is 35.3 Å². The summed E-state index contributed by atoms with van der Waals surface area (Å²) in [7, 11) is 2.99. The second-order valence-corrected chi connectivity index (χ2v) is 6.92. The number of benzene rings is 2. The summed E-state index contributed by atoms with van der Waals surface area (Å²) in [5.41, 5.74) is 2.36. The predicted molar refractivity (Wildman–Crippen MR) is 107 cm³/mol.